The first-order chi connectivity index (χ1) is 23.9. The Morgan fingerprint density at radius 1 is 1.08 bits per heavy atom. The summed E-state index contributed by atoms with van der Waals surface area (Å²) in [4.78, 5) is 16.7. The molecule has 0 saturated carbocycles. The predicted octanol–water partition coefficient (Wildman–Crippen LogP) is 5.81. The molecular formula is C36H43F2N7O3S. The number of nitriles is 1. The topological polar surface area (TPSA) is 124 Å². The molecule has 4 aromatic rings. The van der Waals surface area contributed by atoms with Gasteiger partial charge in [-0.25, -0.2) is 8.78 Å². The largest absolute Gasteiger partial charge is 0.462 e. The van der Waals surface area contributed by atoms with Crippen molar-refractivity contribution in [2.75, 3.05) is 57.1 Å². The average Bonchev–Trinajstić information content (AvgIpc) is 3.89. The Kier molecular flexibility index (Phi) is 9.60. The fraction of sp³-hybridized carbons (Fsp3) is 0.528. The number of likely N-dealkylation sites (tertiary alicyclic amines) is 2. The molecule has 2 bridgehead atoms. The number of halogens is 2. The van der Waals surface area contributed by atoms with Gasteiger partial charge in [0.1, 0.15) is 34.8 Å². The number of benzene rings is 2. The lowest BCUT2D eigenvalue weighted by Gasteiger charge is -2.42. The van der Waals surface area contributed by atoms with Crippen molar-refractivity contribution in [1.29, 1.82) is 5.26 Å². The normalized spacial score (nSPS) is 22.1. The van der Waals surface area contributed by atoms with Crippen LogP contribution in [0.3, 0.4) is 0 Å². The van der Waals surface area contributed by atoms with Gasteiger partial charge in [0.25, 0.3) is 0 Å². The van der Waals surface area contributed by atoms with Crippen LogP contribution in [-0.2, 0) is 18.0 Å². The lowest BCUT2D eigenvalue weighted by molar-refractivity contribution is 0.135. The van der Waals surface area contributed by atoms with Gasteiger partial charge in [-0.05, 0) is 69.0 Å². The number of likely N-dealkylation sites (N-methyl/N-ethyl adjacent to an activating group) is 1. The Morgan fingerprint density at radius 3 is 2.53 bits per heavy atom. The zero-order valence-electron chi connectivity index (χ0n) is 28.3. The molecule has 2 aromatic heterocycles. The maximum absolute atomic E-state index is 17.4. The molecule has 0 amide bonds. The highest BCUT2D eigenvalue weighted by Crippen LogP contribution is 2.49. The van der Waals surface area contributed by atoms with E-state index in [2.05, 4.69) is 27.8 Å². The molecule has 6 heterocycles. The number of rotatable bonds is 8. The zero-order valence-corrected chi connectivity index (χ0v) is 29.1. The van der Waals surface area contributed by atoms with Crippen molar-refractivity contribution in [3.8, 4) is 23.2 Å². The van der Waals surface area contributed by atoms with Crippen LogP contribution in [0.1, 0.15) is 62.6 Å². The minimum Gasteiger partial charge on any atom is -0.462 e. The number of nitrogens with two attached hydrogens (primary N) is 1. The van der Waals surface area contributed by atoms with Gasteiger partial charge in [-0.1, -0.05) is 13.8 Å². The summed E-state index contributed by atoms with van der Waals surface area (Å²) in [5.74, 6) is -0.710. The van der Waals surface area contributed by atoms with Crippen LogP contribution in [0.2, 0.25) is 0 Å². The maximum Gasteiger partial charge on any atom is 0.319 e. The molecule has 49 heavy (non-hydrogen) atoms. The van der Waals surface area contributed by atoms with Crippen molar-refractivity contribution in [2.24, 2.45) is 0 Å². The highest BCUT2D eigenvalue weighted by molar-refractivity contribution is 7.23. The monoisotopic (exact) mass is 691 g/mol. The Bertz CT molecular complexity index is 1920. The molecule has 3 saturated heterocycles. The summed E-state index contributed by atoms with van der Waals surface area (Å²) in [5.41, 5.74) is 7.69. The molecule has 0 aliphatic carbocycles. The lowest BCUT2D eigenvalue weighted by Crippen LogP contribution is -2.54. The van der Waals surface area contributed by atoms with Gasteiger partial charge in [0.15, 0.2) is 5.82 Å². The summed E-state index contributed by atoms with van der Waals surface area (Å²) in [5, 5.41) is 20.5. The van der Waals surface area contributed by atoms with E-state index < -0.39 is 11.6 Å². The van der Waals surface area contributed by atoms with Crippen LogP contribution in [0.25, 0.3) is 32.1 Å². The number of hydrogen-bond acceptors (Lipinski definition) is 11. The molecule has 3 fully saturated rings. The van der Waals surface area contributed by atoms with Gasteiger partial charge in [0.05, 0.1) is 24.2 Å². The van der Waals surface area contributed by atoms with E-state index in [1.54, 1.807) is 6.07 Å². The second-order valence-corrected chi connectivity index (χ2v) is 14.2. The SMILES string of the molecule is CC.CN1CCCC1COc1nc(N2C3CCC2CN(CCCO)C3)c2c3c(c(-c4c(F)ccc5sc(N)c(C#N)c45)c(F)c2n1)COC3. The Labute approximate surface area is 289 Å². The highest BCUT2D eigenvalue weighted by atomic mass is 32.1. The summed E-state index contributed by atoms with van der Waals surface area (Å²) in [6, 6.07) is 5.59. The average molecular weight is 692 g/mol. The van der Waals surface area contributed by atoms with Crippen molar-refractivity contribution < 1.29 is 23.4 Å². The molecule has 4 aliphatic heterocycles. The zero-order chi connectivity index (χ0) is 34.4. The highest BCUT2D eigenvalue weighted by Gasteiger charge is 2.43. The van der Waals surface area contributed by atoms with Crippen molar-refractivity contribution in [1.82, 2.24) is 19.8 Å². The molecule has 10 nitrogen and oxygen atoms in total. The first-order valence-corrected chi connectivity index (χ1v) is 18.2. The third-order valence-electron chi connectivity index (χ3n) is 10.5. The number of piperazine rings is 1. The van der Waals surface area contributed by atoms with Crippen molar-refractivity contribution in [3.05, 3.63) is 40.5 Å². The lowest BCUT2D eigenvalue weighted by atomic mass is 9.90. The second kappa shape index (κ2) is 13.9. The Hall–Kier alpha value is -3.67. The number of nitrogen functional groups attached to an aromatic ring is 1. The van der Waals surface area contributed by atoms with E-state index in [0.29, 0.717) is 33.5 Å². The van der Waals surface area contributed by atoms with Crippen LogP contribution >= 0.6 is 11.3 Å². The molecular weight excluding hydrogens is 649 g/mol. The van der Waals surface area contributed by atoms with Crippen LogP contribution in [0.5, 0.6) is 6.01 Å². The third-order valence-corrected chi connectivity index (χ3v) is 11.4. The predicted molar refractivity (Wildman–Crippen MR) is 188 cm³/mol. The Morgan fingerprint density at radius 2 is 1.84 bits per heavy atom. The van der Waals surface area contributed by atoms with Crippen LogP contribution in [0.15, 0.2) is 12.1 Å². The number of fused-ring (bicyclic) bond motifs is 6. The van der Waals surface area contributed by atoms with E-state index in [9.17, 15) is 10.4 Å². The number of anilines is 2. The standard InChI is InChI=1S/C34H37F2N7O3S.C2H6/c1-41-9-2-4-20(41)15-46-34-39-31-28(33(40-34)43-18-5-6-19(43)14-42(13-18)10-3-11-44)23-17-45-16-22(23)27(30(31)36)29-24(35)7-8-25-26(29)21(12-37)32(38)47-25;1-2/h7-8,18-20,44H,2-6,9-11,13-17,38H2,1H3;1-2H3. The van der Waals surface area contributed by atoms with Crippen molar-refractivity contribution in [2.45, 2.75) is 77.3 Å². The molecule has 0 spiro atoms. The fourth-order valence-corrected chi connectivity index (χ4v) is 9.15. The number of hydrogen-bond donors (Lipinski definition) is 2. The number of aliphatic hydroxyl groups is 1. The van der Waals surface area contributed by atoms with Crippen molar-refractivity contribution in [3.63, 3.8) is 0 Å². The second-order valence-electron chi connectivity index (χ2n) is 13.2. The summed E-state index contributed by atoms with van der Waals surface area (Å²) >= 11 is 1.18. The summed E-state index contributed by atoms with van der Waals surface area (Å²) in [6.07, 6.45) is 4.73. The number of aromatic nitrogens is 2. The molecule has 260 valence electrons. The van der Waals surface area contributed by atoms with Crippen LogP contribution in [0.4, 0.5) is 19.6 Å². The van der Waals surface area contributed by atoms with Crippen LogP contribution < -0.4 is 15.4 Å². The van der Waals surface area contributed by atoms with Crippen LogP contribution in [-0.4, -0.2) is 89.4 Å². The summed E-state index contributed by atoms with van der Waals surface area (Å²) < 4.78 is 46.1. The van der Waals surface area contributed by atoms with Gasteiger partial charge in [-0.2, -0.15) is 15.2 Å². The minimum atomic E-state index is -0.690. The molecule has 4 aliphatic rings. The van der Waals surface area contributed by atoms with E-state index in [1.165, 1.54) is 17.4 Å². The van der Waals surface area contributed by atoms with E-state index in [1.807, 2.05) is 13.8 Å². The third kappa shape index (κ3) is 5.77. The van der Waals surface area contributed by atoms with Crippen molar-refractivity contribution >= 4 is 43.1 Å². The van der Waals surface area contributed by atoms with E-state index in [0.717, 1.165) is 63.8 Å². The minimum absolute atomic E-state index is 0.000859. The molecule has 2 aromatic carbocycles. The Balaban J connectivity index is 0.00000186. The maximum atomic E-state index is 17.4. The summed E-state index contributed by atoms with van der Waals surface area (Å²) in [6.45, 7) is 8.24. The number of thiophene rings is 1. The van der Waals surface area contributed by atoms with Gasteiger partial charge >= 0.3 is 6.01 Å². The van der Waals surface area contributed by atoms with Gasteiger partial charge < -0.3 is 30.1 Å². The first-order valence-electron chi connectivity index (χ1n) is 17.4. The fourth-order valence-electron chi connectivity index (χ4n) is 8.22. The molecule has 3 N–H and O–H groups in total. The number of ether oxygens (including phenoxy) is 2. The van der Waals surface area contributed by atoms with E-state index in [4.69, 9.17) is 25.2 Å². The van der Waals surface area contributed by atoms with Gasteiger partial charge in [0, 0.05) is 65.6 Å². The van der Waals surface area contributed by atoms with E-state index in [-0.39, 0.29) is 71.2 Å². The molecule has 0 radical (unpaired) electrons. The van der Waals surface area contributed by atoms with Gasteiger partial charge in [-0.15, -0.1) is 11.3 Å². The van der Waals surface area contributed by atoms with E-state index >= 15 is 8.78 Å². The molecule has 3 unspecified atom stereocenters. The first kappa shape index (κ1) is 33.8. The smallest absolute Gasteiger partial charge is 0.319 e. The van der Waals surface area contributed by atoms with Gasteiger partial charge in [0.2, 0.25) is 0 Å². The summed E-state index contributed by atoms with van der Waals surface area (Å²) in [7, 11) is 2.07. The van der Waals surface area contributed by atoms with Gasteiger partial charge in [-0.3, -0.25) is 4.90 Å². The molecule has 3 atom stereocenters. The number of nitrogens with zero attached hydrogens (tertiary/aromatic N) is 6. The molecule has 13 heteroatoms. The molecule has 8 rings (SSSR count). The number of aliphatic hydroxyl groups excluding tert-OH is 1. The quantitative estimate of drug-likeness (QED) is 0.234. The van der Waals surface area contributed by atoms with Crippen LogP contribution in [0, 0.1) is 23.0 Å².